The molecule has 2 N–H and O–H groups in total. The number of aryl methyl sites for hydroxylation is 1. The zero-order valence-corrected chi connectivity index (χ0v) is 22.3. The molecule has 0 bridgehead atoms. The summed E-state index contributed by atoms with van der Waals surface area (Å²) in [5.41, 5.74) is 2.63. The molecule has 196 valence electrons. The molecule has 0 spiro atoms. The highest BCUT2D eigenvalue weighted by Gasteiger charge is 2.28. The van der Waals surface area contributed by atoms with Gasteiger partial charge in [0.2, 0.25) is 11.8 Å². The lowest BCUT2D eigenvalue weighted by molar-refractivity contribution is -0.120. The Labute approximate surface area is 214 Å². The number of para-hydroxylation sites is 1. The number of benzene rings is 1. The van der Waals surface area contributed by atoms with Crippen molar-refractivity contribution in [3.05, 3.63) is 35.9 Å². The average Bonchev–Trinajstić information content (AvgIpc) is 2.82. The van der Waals surface area contributed by atoms with Gasteiger partial charge in [0.25, 0.3) is 0 Å². The molecule has 3 rings (SSSR count). The summed E-state index contributed by atoms with van der Waals surface area (Å²) in [6.45, 7) is 10.2. The number of methoxy groups -OCH3 is 1. The molecule has 1 heterocycles. The second-order valence-corrected chi connectivity index (χ2v) is 10.3. The Kier molecular flexibility index (Phi) is 9.18. The zero-order valence-electron chi connectivity index (χ0n) is 22.3. The van der Waals surface area contributed by atoms with Gasteiger partial charge >= 0.3 is 6.09 Å². The van der Waals surface area contributed by atoms with Crippen LogP contribution in [0.3, 0.4) is 0 Å². The highest BCUT2D eigenvalue weighted by atomic mass is 16.6. The van der Waals surface area contributed by atoms with Gasteiger partial charge in [0.1, 0.15) is 11.4 Å². The Morgan fingerprint density at radius 3 is 2.47 bits per heavy atom. The predicted molar refractivity (Wildman–Crippen MR) is 140 cm³/mol. The largest absolute Gasteiger partial charge is 0.493 e. The van der Waals surface area contributed by atoms with E-state index in [2.05, 4.69) is 22.5 Å². The van der Waals surface area contributed by atoms with Crippen LogP contribution in [-0.4, -0.2) is 42.3 Å². The van der Waals surface area contributed by atoms with Crippen molar-refractivity contribution in [3.63, 3.8) is 0 Å². The number of amides is 2. The molecular weight excluding hydrogens is 458 g/mol. The first kappa shape index (κ1) is 27.3. The third-order valence-corrected chi connectivity index (χ3v) is 6.04. The molecule has 0 unspecified atom stereocenters. The number of carbonyl (C=O) groups excluding carboxylic acids is 2. The lowest BCUT2D eigenvalue weighted by Gasteiger charge is -2.29. The summed E-state index contributed by atoms with van der Waals surface area (Å²) in [5, 5.41) is 5.97. The Morgan fingerprint density at radius 2 is 1.83 bits per heavy atom. The number of nitrogens with zero attached hydrogens (tertiary/aromatic N) is 1. The molecule has 1 aliphatic carbocycles. The monoisotopic (exact) mass is 497 g/mol. The van der Waals surface area contributed by atoms with Crippen molar-refractivity contribution in [1.82, 2.24) is 10.3 Å². The molecule has 0 atom stereocenters. The van der Waals surface area contributed by atoms with Crippen LogP contribution in [0.25, 0.3) is 11.3 Å². The van der Waals surface area contributed by atoms with Crippen molar-refractivity contribution in [2.24, 2.45) is 5.92 Å². The summed E-state index contributed by atoms with van der Waals surface area (Å²) in [4.78, 5) is 29.8. The van der Waals surface area contributed by atoms with E-state index in [1.807, 2.05) is 52.0 Å². The van der Waals surface area contributed by atoms with E-state index in [4.69, 9.17) is 14.2 Å². The number of anilines is 1. The highest BCUT2D eigenvalue weighted by molar-refractivity contribution is 5.93. The van der Waals surface area contributed by atoms with Gasteiger partial charge in [-0.25, -0.2) is 9.78 Å². The van der Waals surface area contributed by atoms with Crippen LogP contribution in [0.5, 0.6) is 11.6 Å². The molecular formula is C28H39N3O5. The maximum absolute atomic E-state index is 13.1. The maximum atomic E-state index is 13.1. The molecule has 2 amide bonds. The summed E-state index contributed by atoms with van der Waals surface area (Å²) in [6.07, 6.45) is 3.32. The molecule has 1 aliphatic rings. The quantitative estimate of drug-likeness (QED) is 0.473. The zero-order chi connectivity index (χ0) is 26.3. The van der Waals surface area contributed by atoms with Gasteiger partial charge in [0, 0.05) is 29.3 Å². The summed E-state index contributed by atoms with van der Waals surface area (Å²) < 4.78 is 16.8. The second kappa shape index (κ2) is 12.1. The number of hydrogen-bond donors (Lipinski definition) is 2. The number of rotatable bonds is 8. The van der Waals surface area contributed by atoms with Crippen LogP contribution in [-0.2, 0) is 9.53 Å². The minimum absolute atomic E-state index is 0.0133. The number of ether oxygens (including phenoxy) is 3. The standard InChI is InChI=1S/C28H39N3O5/c1-7-15-35-25-18(2)9-8-10-22(25)23-16-21(17-24(31-23)34-6)29-26(32)19-11-13-20(14-12-19)30-27(33)36-28(3,4)5/h8-10,16-17,19-20H,7,11-15H2,1-6H3,(H,30,33)(H,29,31,32)/t19-,20+. The maximum Gasteiger partial charge on any atom is 0.407 e. The lowest BCUT2D eigenvalue weighted by Crippen LogP contribution is -2.42. The van der Waals surface area contributed by atoms with Crippen LogP contribution in [0.1, 0.15) is 65.4 Å². The van der Waals surface area contributed by atoms with Gasteiger partial charge < -0.3 is 24.8 Å². The summed E-state index contributed by atoms with van der Waals surface area (Å²) in [7, 11) is 1.56. The normalized spacial score (nSPS) is 17.7. The average molecular weight is 498 g/mol. The first-order chi connectivity index (χ1) is 17.1. The number of aromatic nitrogens is 1. The summed E-state index contributed by atoms with van der Waals surface area (Å²) in [5.74, 6) is 1.02. The fourth-order valence-corrected chi connectivity index (χ4v) is 4.29. The number of pyridine rings is 1. The van der Waals surface area contributed by atoms with Gasteiger partial charge in [-0.15, -0.1) is 0 Å². The minimum Gasteiger partial charge on any atom is -0.493 e. The Balaban J connectivity index is 1.68. The van der Waals surface area contributed by atoms with Gasteiger partial charge in [-0.1, -0.05) is 19.1 Å². The van der Waals surface area contributed by atoms with Crippen molar-refractivity contribution in [2.75, 3.05) is 19.0 Å². The molecule has 36 heavy (non-hydrogen) atoms. The van der Waals surface area contributed by atoms with Gasteiger partial charge in [0.05, 0.1) is 19.4 Å². The molecule has 8 heteroatoms. The molecule has 2 aromatic rings. The second-order valence-electron chi connectivity index (χ2n) is 10.3. The molecule has 1 saturated carbocycles. The van der Waals surface area contributed by atoms with Crippen LogP contribution >= 0.6 is 0 Å². The first-order valence-electron chi connectivity index (χ1n) is 12.7. The van der Waals surface area contributed by atoms with Crippen LogP contribution in [0.2, 0.25) is 0 Å². The topological polar surface area (TPSA) is 98.8 Å². The van der Waals surface area contributed by atoms with Crippen LogP contribution in [0, 0.1) is 12.8 Å². The summed E-state index contributed by atoms with van der Waals surface area (Å²) in [6, 6.07) is 9.52. The van der Waals surface area contributed by atoms with Gasteiger partial charge in [-0.3, -0.25) is 4.79 Å². The number of alkyl carbamates (subject to hydrolysis) is 1. The molecule has 0 aliphatic heterocycles. The lowest BCUT2D eigenvalue weighted by atomic mass is 9.85. The Bertz CT molecular complexity index is 1060. The van der Waals surface area contributed by atoms with E-state index >= 15 is 0 Å². The molecule has 0 saturated heterocycles. The highest BCUT2D eigenvalue weighted by Crippen LogP contribution is 2.35. The fraction of sp³-hybridized carbons (Fsp3) is 0.536. The van der Waals surface area contributed by atoms with E-state index in [0.29, 0.717) is 36.7 Å². The summed E-state index contributed by atoms with van der Waals surface area (Å²) >= 11 is 0. The van der Waals surface area contributed by atoms with Crippen molar-refractivity contribution >= 4 is 17.7 Å². The van der Waals surface area contributed by atoms with E-state index in [-0.39, 0.29) is 17.9 Å². The van der Waals surface area contributed by atoms with Crippen molar-refractivity contribution in [1.29, 1.82) is 0 Å². The number of nitrogens with one attached hydrogen (secondary N) is 2. The van der Waals surface area contributed by atoms with Gasteiger partial charge in [0.15, 0.2) is 0 Å². The molecule has 8 nitrogen and oxygen atoms in total. The number of carbonyl (C=O) groups is 2. The number of hydrogen-bond acceptors (Lipinski definition) is 6. The van der Waals surface area contributed by atoms with Crippen molar-refractivity contribution in [3.8, 4) is 22.9 Å². The SMILES string of the molecule is CCCOc1c(C)cccc1-c1cc(NC(=O)[C@H]2CC[C@@H](NC(=O)OC(C)(C)C)CC2)cc(OC)n1. The fourth-order valence-electron chi connectivity index (χ4n) is 4.29. The van der Waals surface area contributed by atoms with Gasteiger partial charge in [-0.05, 0) is 77.5 Å². The van der Waals surface area contributed by atoms with Crippen LogP contribution in [0.15, 0.2) is 30.3 Å². The van der Waals surface area contributed by atoms with Crippen LogP contribution < -0.4 is 20.1 Å². The van der Waals surface area contributed by atoms with E-state index in [1.54, 1.807) is 13.2 Å². The van der Waals surface area contributed by atoms with Crippen molar-refractivity contribution in [2.45, 2.75) is 78.4 Å². The minimum atomic E-state index is -0.535. The smallest absolute Gasteiger partial charge is 0.407 e. The molecule has 1 aromatic heterocycles. The third kappa shape index (κ3) is 7.60. The van der Waals surface area contributed by atoms with E-state index < -0.39 is 11.7 Å². The van der Waals surface area contributed by atoms with E-state index in [0.717, 1.165) is 36.1 Å². The van der Waals surface area contributed by atoms with E-state index in [1.165, 1.54) is 0 Å². The first-order valence-corrected chi connectivity index (χ1v) is 12.7. The third-order valence-electron chi connectivity index (χ3n) is 6.04. The van der Waals surface area contributed by atoms with Crippen LogP contribution in [0.4, 0.5) is 10.5 Å². The molecule has 0 radical (unpaired) electrons. The predicted octanol–water partition coefficient (Wildman–Crippen LogP) is 5.88. The van der Waals surface area contributed by atoms with E-state index in [9.17, 15) is 9.59 Å². The van der Waals surface area contributed by atoms with Crippen molar-refractivity contribution < 1.29 is 23.8 Å². The Hall–Kier alpha value is -3.29. The molecule has 1 fully saturated rings. The Morgan fingerprint density at radius 1 is 1.11 bits per heavy atom. The van der Waals surface area contributed by atoms with Gasteiger partial charge in [-0.2, -0.15) is 0 Å². The molecule has 1 aromatic carbocycles.